The summed E-state index contributed by atoms with van der Waals surface area (Å²) in [4.78, 5) is 26.8. The van der Waals surface area contributed by atoms with Crippen molar-refractivity contribution in [2.24, 2.45) is 5.92 Å². The van der Waals surface area contributed by atoms with Crippen molar-refractivity contribution < 1.29 is 14.3 Å². The molecule has 6 heteroatoms. The van der Waals surface area contributed by atoms with E-state index in [1.807, 2.05) is 84.9 Å². The van der Waals surface area contributed by atoms with Crippen LogP contribution >= 0.6 is 0 Å². The summed E-state index contributed by atoms with van der Waals surface area (Å²) in [6, 6.07) is 26.6. The molecule has 0 unspecified atom stereocenters. The van der Waals surface area contributed by atoms with E-state index in [1.54, 1.807) is 4.90 Å². The van der Waals surface area contributed by atoms with E-state index in [0.717, 1.165) is 22.7 Å². The largest absolute Gasteiger partial charge is 0.457 e. The van der Waals surface area contributed by atoms with Crippen molar-refractivity contribution in [3.05, 3.63) is 90.5 Å². The second-order valence-electron chi connectivity index (χ2n) is 7.84. The molecule has 164 valence electrons. The van der Waals surface area contributed by atoms with Gasteiger partial charge in [0.25, 0.3) is 0 Å². The molecule has 1 fully saturated rings. The number of urea groups is 1. The van der Waals surface area contributed by atoms with Gasteiger partial charge in [-0.05, 0) is 54.8 Å². The molecular formula is C26H27N3O3. The standard InChI is InChI=1S/C26H27N3O3/c30-25(28-22-9-3-1-4-10-22)21-14-16-29(17-15-21)26(31)27-19-20-8-7-13-24(18-20)32-23-11-5-2-6-12-23/h1-13,18,21H,14-17,19H2,(H,27,31)(H,28,30). The summed E-state index contributed by atoms with van der Waals surface area (Å²) in [6.07, 6.45) is 1.32. The molecular weight excluding hydrogens is 402 g/mol. The van der Waals surface area contributed by atoms with Crippen molar-refractivity contribution in [3.8, 4) is 11.5 Å². The number of carbonyl (C=O) groups excluding carboxylic acids is 2. The van der Waals surface area contributed by atoms with Crippen LogP contribution in [-0.4, -0.2) is 29.9 Å². The van der Waals surface area contributed by atoms with Gasteiger partial charge in [-0.25, -0.2) is 4.79 Å². The van der Waals surface area contributed by atoms with E-state index in [-0.39, 0.29) is 17.9 Å². The van der Waals surface area contributed by atoms with E-state index in [0.29, 0.717) is 32.5 Å². The van der Waals surface area contributed by atoms with Gasteiger partial charge in [0, 0.05) is 31.2 Å². The molecule has 3 aromatic rings. The van der Waals surface area contributed by atoms with Crippen LogP contribution in [0.4, 0.5) is 10.5 Å². The number of ether oxygens (including phenoxy) is 1. The Hall–Kier alpha value is -3.80. The van der Waals surface area contributed by atoms with Crippen LogP contribution < -0.4 is 15.4 Å². The van der Waals surface area contributed by atoms with Crippen molar-refractivity contribution in [2.75, 3.05) is 18.4 Å². The van der Waals surface area contributed by atoms with Gasteiger partial charge in [0.2, 0.25) is 5.91 Å². The van der Waals surface area contributed by atoms with Crippen molar-refractivity contribution in [3.63, 3.8) is 0 Å². The fraction of sp³-hybridized carbons (Fsp3) is 0.231. The molecule has 4 rings (SSSR count). The second kappa shape index (κ2) is 10.5. The summed E-state index contributed by atoms with van der Waals surface area (Å²) in [5.74, 6) is 1.44. The SMILES string of the molecule is O=C(Nc1ccccc1)C1CCN(C(=O)NCc2cccc(Oc3ccccc3)c2)CC1. The summed E-state index contributed by atoms with van der Waals surface area (Å²) in [6.45, 7) is 1.55. The summed E-state index contributed by atoms with van der Waals surface area (Å²) in [5.41, 5.74) is 1.76. The maximum atomic E-state index is 12.6. The minimum absolute atomic E-state index is 0.0199. The van der Waals surface area contributed by atoms with Crippen molar-refractivity contribution in [2.45, 2.75) is 19.4 Å². The molecule has 0 atom stereocenters. The molecule has 0 aromatic heterocycles. The van der Waals surface area contributed by atoms with E-state index >= 15 is 0 Å². The summed E-state index contributed by atoms with van der Waals surface area (Å²) >= 11 is 0. The van der Waals surface area contributed by atoms with Gasteiger partial charge in [-0.3, -0.25) is 4.79 Å². The Kier molecular flexibility index (Phi) is 7.02. The molecule has 1 aliphatic heterocycles. The lowest BCUT2D eigenvalue weighted by Gasteiger charge is -2.31. The zero-order valence-corrected chi connectivity index (χ0v) is 17.9. The molecule has 1 heterocycles. The Labute approximate surface area is 188 Å². The first kappa shape index (κ1) is 21.4. The van der Waals surface area contributed by atoms with E-state index in [4.69, 9.17) is 4.74 Å². The molecule has 0 radical (unpaired) electrons. The summed E-state index contributed by atoms with van der Waals surface area (Å²) < 4.78 is 5.86. The highest BCUT2D eigenvalue weighted by atomic mass is 16.5. The van der Waals surface area contributed by atoms with Crippen molar-refractivity contribution >= 4 is 17.6 Å². The van der Waals surface area contributed by atoms with Crippen LogP contribution in [0, 0.1) is 5.92 Å². The van der Waals surface area contributed by atoms with E-state index in [1.165, 1.54) is 0 Å². The molecule has 1 saturated heterocycles. The smallest absolute Gasteiger partial charge is 0.317 e. The van der Waals surface area contributed by atoms with Crippen LogP contribution in [0.15, 0.2) is 84.9 Å². The highest BCUT2D eigenvalue weighted by Crippen LogP contribution is 2.22. The summed E-state index contributed by atoms with van der Waals surface area (Å²) in [5, 5.41) is 5.93. The average Bonchev–Trinajstić information content (AvgIpc) is 2.84. The lowest BCUT2D eigenvalue weighted by Crippen LogP contribution is -2.45. The Morgan fingerprint density at radius 2 is 1.50 bits per heavy atom. The predicted octanol–water partition coefficient (Wildman–Crippen LogP) is 5.04. The predicted molar refractivity (Wildman–Crippen MR) is 125 cm³/mol. The number of hydrogen-bond acceptors (Lipinski definition) is 3. The van der Waals surface area contributed by atoms with E-state index in [2.05, 4.69) is 10.6 Å². The Bertz CT molecular complexity index is 1030. The lowest BCUT2D eigenvalue weighted by molar-refractivity contribution is -0.121. The Balaban J connectivity index is 1.23. The fourth-order valence-corrected chi connectivity index (χ4v) is 3.74. The minimum Gasteiger partial charge on any atom is -0.457 e. The number of benzene rings is 3. The highest BCUT2D eigenvalue weighted by molar-refractivity contribution is 5.92. The first-order valence-corrected chi connectivity index (χ1v) is 10.9. The van der Waals surface area contributed by atoms with Gasteiger partial charge in [0.05, 0.1) is 0 Å². The molecule has 1 aliphatic rings. The number of para-hydroxylation sites is 2. The lowest BCUT2D eigenvalue weighted by atomic mass is 9.96. The van der Waals surface area contributed by atoms with Crippen LogP contribution in [0.25, 0.3) is 0 Å². The van der Waals surface area contributed by atoms with Gasteiger partial charge in [0.1, 0.15) is 11.5 Å². The van der Waals surface area contributed by atoms with Gasteiger partial charge in [-0.1, -0.05) is 48.5 Å². The number of amides is 3. The van der Waals surface area contributed by atoms with Gasteiger partial charge < -0.3 is 20.3 Å². The molecule has 3 aromatic carbocycles. The van der Waals surface area contributed by atoms with Crippen LogP contribution in [0.2, 0.25) is 0 Å². The molecule has 3 amide bonds. The number of anilines is 1. The molecule has 0 aliphatic carbocycles. The van der Waals surface area contributed by atoms with Gasteiger partial charge >= 0.3 is 6.03 Å². The topological polar surface area (TPSA) is 70.7 Å². The monoisotopic (exact) mass is 429 g/mol. The molecule has 0 saturated carbocycles. The second-order valence-corrected chi connectivity index (χ2v) is 7.84. The first-order chi connectivity index (χ1) is 15.7. The number of piperidine rings is 1. The molecule has 2 N–H and O–H groups in total. The number of rotatable bonds is 6. The number of nitrogens with zero attached hydrogens (tertiary/aromatic N) is 1. The number of hydrogen-bond donors (Lipinski definition) is 2. The number of carbonyl (C=O) groups is 2. The van der Waals surface area contributed by atoms with E-state index < -0.39 is 0 Å². The summed E-state index contributed by atoms with van der Waals surface area (Å²) in [7, 11) is 0. The third kappa shape index (κ3) is 5.88. The van der Waals surface area contributed by atoms with Crippen molar-refractivity contribution in [1.82, 2.24) is 10.2 Å². The Morgan fingerprint density at radius 3 is 2.22 bits per heavy atom. The van der Waals surface area contributed by atoms with E-state index in [9.17, 15) is 9.59 Å². The molecule has 6 nitrogen and oxygen atoms in total. The number of likely N-dealkylation sites (tertiary alicyclic amines) is 1. The maximum absolute atomic E-state index is 12.6. The third-order valence-corrected chi connectivity index (χ3v) is 5.52. The van der Waals surface area contributed by atoms with Crippen LogP contribution in [0.3, 0.4) is 0 Å². The average molecular weight is 430 g/mol. The molecule has 0 spiro atoms. The maximum Gasteiger partial charge on any atom is 0.317 e. The van der Waals surface area contributed by atoms with Crippen molar-refractivity contribution in [1.29, 1.82) is 0 Å². The molecule has 0 bridgehead atoms. The number of nitrogens with one attached hydrogen (secondary N) is 2. The van der Waals surface area contributed by atoms with Gasteiger partial charge in [-0.15, -0.1) is 0 Å². The molecule has 32 heavy (non-hydrogen) atoms. The zero-order chi connectivity index (χ0) is 22.2. The minimum atomic E-state index is -0.110. The first-order valence-electron chi connectivity index (χ1n) is 10.9. The zero-order valence-electron chi connectivity index (χ0n) is 17.9. The van der Waals surface area contributed by atoms with Crippen LogP contribution in [0.1, 0.15) is 18.4 Å². The normalized spacial score (nSPS) is 13.9. The van der Waals surface area contributed by atoms with Gasteiger partial charge in [-0.2, -0.15) is 0 Å². The fourth-order valence-electron chi connectivity index (χ4n) is 3.74. The highest BCUT2D eigenvalue weighted by Gasteiger charge is 2.27. The van der Waals surface area contributed by atoms with Gasteiger partial charge in [0.15, 0.2) is 0 Å². The van der Waals surface area contributed by atoms with Crippen LogP contribution in [0.5, 0.6) is 11.5 Å². The van der Waals surface area contributed by atoms with Crippen LogP contribution in [-0.2, 0) is 11.3 Å². The quantitative estimate of drug-likeness (QED) is 0.577. The Morgan fingerprint density at radius 1 is 0.844 bits per heavy atom. The third-order valence-electron chi connectivity index (χ3n) is 5.52.